The van der Waals surface area contributed by atoms with Crippen LogP contribution in [0.5, 0.6) is 0 Å². The van der Waals surface area contributed by atoms with E-state index in [1.807, 2.05) is 23.1 Å². The molecule has 2 aliphatic heterocycles. The number of carbonyl (C=O) groups excluding carboxylic acids is 1. The molecular formula is C22H23BN6OS. The van der Waals surface area contributed by atoms with Crippen LogP contribution in [0.1, 0.15) is 24.4 Å². The number of anilines is 1. The number of thiocarbonyl (C=S) groups is 1. The number of amides is 1. The van der Waals surface area contributed by atoms with Crippen molar-refractivity contribution in [2.75, 3.05) is 24.5 Å². The number of likely N-dealkylation sites (tertiary alicyclic amines) is 1. The first-order valence-corrected chi connectivity index (χ1v) is 10.9. The second-order valence-corrected chi connectivity index (χ2v) is 8.36. The van der Waals surface area contributed by atoms with Crippen molar-refractivity contribution < 1.29 is 4.79 Å². The smallest absolute Gasteiger partial charge is 0.222 e. The Hall–Kier alpha value is -3.20. The molecule has 0 saturated carbocycles. The Labute approximate surface area is 187 Å². The minimum Gasteiger partial charge on any atom is -0.345 e. The fourth-order valence-electron chi connectivity index (χ4n) is 4.32. The molecule has 9 heteroatoms. The zero-order chi connectivity index (χ0) is 21.4. The summed E-state index contributed by atoms with van der Waals surface area (Å²) in [7, 11) is 2.08. The van der Waals surface area contributed by atoms with Crippen LogP contribution in [0.2, 0.25) is 0 Å². The molecule has 3 aromatic rings. The molecule has 0 aliphatic carbocycles. The van der Waals surface area contributed by atoms with E-state index in [-0.39, 0.29) is 11.9 Å². The van der Waals surface area contributed by atoms with Crippen LogP contribution < -0.4 is 15.7 Å². The van der Waals surface area contributed by atoms with Gasteiger partial charge in [-0.15, -0.1) is 0 Å². The number of hydrogen-bond donors (Lipinski definition) is 2. The molecular weight excluding hydrogens is 407 g/mol. The lowest BCUT2D eigenvalue weighted by molar-refractivity contribution is -0.127. The third-order valence-electron chi connectivity index (χ3n) is 5.84. The van der Waals surface area contributed by atoms with Crippen LogP contribution in [-0.2, 0) is 4.79 Å². The Morgan fingerprint density at radius 1 is 1.26 bits per heavy atom. The lowest BCUT2D eigenvalue weighted by Crippen LogP contribution is -2.29. The summed E-state index contributed by atoms with van der Waals surface area (Å²) in [5.74, 6) is 1.03. The van der Waals surface area contributed by atoms with Crippen molar-refractivity contribution in [1.82, 2.24) is 20.2 Å². The number of imidazole rings is 1. The molecule has 31 heavy (non-hydrogen) atoms. The molecule has 5 rings (SSSR count). The van der Waals surface area contributed by atoms with E-state index < -0.39 is 0 Å². The first-order valence-electron chi connectivity index (χ1n) is 10.5. The summed E-state index contributed by atoms with van der Waals surface area (Å²) in [6.07, 6.45) is 3.28. The molecule has 0 bridgehead atoms. The molecule has 1 aromatic heterocycles. The first kappa shape index (κ1) is 19.7. The van der Waals surface area contributed by atoms with Crippen molar-refractivity contribution in [3.05, 3.63) is 54.4 Å². The van der Waals surface area contributed by atoms with Gasteiger partial charge in [-0.25, -0.2) is 4.98 Å². The van der Waals surface area contributed by atoms with Gasteiger partial charge < -0.3 is 20.1 Å². The largest absolute Gasteiger partial charge is 0.345 e. The maximum Gasteiger partial charge on any atom is 0.222 e. The van der Waals surface area contributed by atoms with E-state index in [4.69, 9.17) is 17.2 Å². The molecule has 2 aromatic carbocycles. The van der Waals surface area contributed by atoms with Crippen LogP contribution in [0.25, 0.3) is 11.0 Å². The maximum absolute atomic E-state index is 11.9. The molecule has 2 aliphatic rings. The SMILES string of the molecule is Bc1cccc(C2/C(=N/CCN3CCCC3=O)NC(=S)N2c2ccc3[nH]cnc3c2)c1. The molecule has 2 saturated heterocycles. The molecule has 2 N–H and O–H groups in total. The van der Waals surface area contributed by atoms with Crippen LogP contribution in [0, 0.1) is 0 Å². The highest BCUT2D eigenvalue weighted by Gasteiger charge is 2.36. The van der Waals surface area contributed by atoms with E-state index in [0.29, 0.717) is 24.6 Å². The number of fused-ring (bicyclic) bond motifs is 1. The first-order chi connectivity index (χ1) is 15.1. The molecule has 1 atom stereocenters. The second-order valence-electron chi connectivity index (χ2n) is 7.97. The van der Waals surface area contributed by atoms with E-state index in [0.717, 1.165) is 41.1 Å². The van der Waals surface area contributed by atoms with E-state index in [1.165, 1.54) is 5.46 Å². The van der Waals surface area contributed by atoms with E-state index >= 15 is 0 Å². The third-order valence-corrected chi connectivity index (χ3v) is 6.13. The Bertz CT molecular complexity index is 1190. The average molecular weight is 430 g/mol. The van der Waals surface area contributed by atoms with E-state index in [9.17, 15) is 4.79 Å². The van der Waals surface area contributed by atoms with Gasteiger partial charge in [0, 0.05) is 25.2 Å². The molecule has 3 heterocycles. The van der Waals surface area contributed by atoms with Crippen molar-refractivity contribution in [2.24, 2.45) is 4.99 Å². The van der Waals surface area contributed by atoms with Crippen LogP contribution >= 0.6 is 12.2 Å². The molecule has 7 nitrogen and oxygen atoms in total. The van der Waals surface area contributed by atoms with Gasteiger partial charge in [0.15, 0.2) is 5.11 Å². The minimum absolute atomic E-state index is 0.155. The highest BCUT2D eigenvalue weighted by Crippen LogP contribution is 2.33. The zero-order valence-corrected chi connectivity index (χ0v) is 18.2. The predicted octanol–water partition coefficient (Wildman–Crippen LogP) is 1.28. The molecule has 0 spiro atoms. The Morgan fingerprint density at radius 3 is 2.97 bits per heavy atom. The van der Waals surface area contributed by atoms with Gasteiger partial charge in [-0.05, 0) is 42.4 Å². The quantitative estimate of drug-likeness (QED) is 0.471. The van der Waals surface area contributed by atoms with Gasteiger partial charge in [0.05, 0.1) is 23.9 Å². The van der Waals surface area contributed by atoms with Crippen LogP contribution in [0.4, 0.5) is 5.69 Å². The lowest BCUT2D eigenvalue weighted by Gasteiger charge is -2.25. The molecule has 1 unspecified atom stereocenters. The Balaban J connectivity index is 1.49. The van der Waals surface area contributed by atoms with Crippen LogP contribution in [0.15, 0.2) is 53.8 Å². The van der Waals surface area contributed by atoms with Gasteiger partial charge in [0.2, 0.25) is 5.91 Å². The molecule has 1 amide bonds. The van der Waals surface area contributed by atoms with Crippen LogP contribution in [0.3, 0.4) is 0 Å². The minimum atomic E-state index is -0.155. The molecule has 0 radical (unpaired) electrons. The number of nitrogens with one attached hydrogen (secondary N) is 2. The van der Waals surface area contributed by atoms with Crippen LogP contribution in [-0.4, -0.2) is 59.2 Å². The summed E-state index contributed by atoms with van der Waals surface area (Å²) in [5.41, 5.74) is 5.13. The van der Waals surface area contributed by atoms with Gasteiger partial charge in [-0.2, -0.15) is 0 Å². The average Bonchev–Trinajstić information content (AvgIpc) is 3.46. The number of carbonyl (C=O) groups is 1. The summed E-state index contributed by atoms with van der Waals surface area (Å²) in [5, 5.41) is 3.93. The number of aromatic nitrogens is 2. The van der Waals surface area contributed by atoms with Gasteiger partial charge in [0.1, 0.15) is 19.7 Å². The number of benzene rings is 2. The number of aliphatic imine (C=N–C) groups is 1. The number of hydrogen-bond acceptors (Lipinski definition) is 4. The summed E-state index contributed by atoms with van der Waals surface area (Å²) in [6, 6.07) is 14.4. The normalized spacial score (nSPS) is 20.3. The van der Waals surface area contributed by atoms with E-state index in [2.05, 4.69) is 52.3 Å². The second kappa shape index (κ2) is 8.15. The lowest BCUT2D eigenvalue weighted by atomic mass is 9.92. The summed E-state index contributed by atoms with van der Waals surface area (Å²) in [4.78, 5) is 28.3. The zero-order valence-electron chi connectivity index (χ0n) is 17.3. The standard InChI is InChI=1S/C22H23BN6OS/c23-15-4-1-3-14(11-15)20-21(24-8-10-28-9-2-5-19(28)30)27-22(31)29(20)16-6-7-17-18(12-16)26-13-25-17/h1,3-4,6-7,11-13,20H,2,5,8-10,23H2,(H,25,26)(H,24,27,31). The van der Waals surface area contributed by atoms with Crippen molar-refractivity contribution in [2.45, 2.75) is 18.9 Å². The monoisotopic (exact) mass is 430 g/mol. The van der Waals surface area contributed by atoms with Gasteiger partial charge in [-0.3, -0.25) is 9.79 Å². The summed E-state index contributed by atoms with van der Waals surface area (Å²) >= 11 is 5.73. The van der Waals surface area contributed by atoms with E-state index in [1.54, 1.807) is 6.33 Å². The summed E-state index contributed by atoms with van der Waals surface area (Å²) < 4.78 is 0. The topological polar surface area (TPSA) is 76.6 Å². The fourth-order valence-corrected chi connectivity index (χ4v) is 4.63. The van der Waals surface area contributed by atoms with Gasteiger partial charge in [0.25, 0.3) is 0 Å². The van der Waals surface area contributed by atoms with Gasteiger partial charge in [-0.1, -0.05) is 29.7 Å². The predicted molar refractivity (Wildman–Crippen MR) is 130 cm³/mol. The molecule has 2 fully saturated rings. The van der Waals surface area contributed by atoms with Crippen molar-refractivity contribution in [3.63, 3.8) is 0 Å². The number of H-pyrrole nitrogens is 1. The maximum atomic E-state index is 11.9. The number of rotatable bonds is 5. The van der Waals surface area contributed by atoms with Crippen molar-refractivity contribution >= 4 is 59.1 Å². The fraction of sp³-hybridized carbons (Fsp3) is 0.273. The highest BCUT2D eigenvalue weighted by atomic mass is 32.1. The third kappa shape index (κ3) is 3.81. The summed E-state index contributed by atoms with van der Waals surface area (Å²) in [6.45, 7) is 2.01. The molecule has 156 valence electrons. The van der Waals surface area contributed by atoms with Crippen molar-refractivity contribution in [1.29, 1.82) is 0 Å². The number of nitrogens with zero attached hydrogens (tertiary/aromatic N) is 4. The Kier molecular flexibility index (Phi) is 5.19. The van der Waals surface area contributed by atoms with Crippen molar-refractivity contribution in [3.8, 4) is 0 Å². The Morgan fingerprint density at radius 2 is 2.16 bits per heavy atom. The number of aromatic amines is 1. The number of amidine groups is 1. The van der Waals surface area contributed by atoms with Gasteiger partial charge >= 0.3 is 0 Å². The highest BCUT2D eigenvalue weighted by molar-refractivity contribution is 7.80.